The van der Waals surface area contributed by atoms with Crippen LogP contribution < -0.4 is 19.1 Å². The highest BCUT2D eigenvalue weighted by atomic mass is 32.2. The van der Waals surface area contributed by atoms with Gasteiger partial charge in [0.05, 0.1) is 10.6 Å². The SMILES string of the molecule is CCN1c2ccc(C(=O)Nc3ccc4c(c3)OCO4)cc2-c2ccccc2S1(=O)=O. The molecule has 3 aromatic carbocycles. The van der Waals surface area contributed by atoms with Gasteiger partial charge in [-0.3, -0.25) is 9.10 Å². The third-order valence-corrected chi connectivity index (χ3v) is 7.14. The van der Waals surface area contributed by atoms with Crippen LogP contribution >= 0.6 is 0 Å². The van der Waals surface area contributed by atoms with Crippen molar-refractivity contribution in [2.45, 2.75) is 11.8 Å². The molecule has 30 heavy (non-hydrogen) atoms. The van der Waals surface area contributed by atoms with E-state index >= 15 is 0 Å². The first-order valence-electron chi connectivity index (χ1n) is 9.46. The van der Waals surface area contributed by atoms with Gasteiger partial charge in [0.15, 0.2) is 11.5 Å². The van der Waals surface area contributed by atoms with E-state index in [0.717, 1.165) is 0 Å². The first kappa shape index (κ1) is 18.5. The number of rotatable bonds is 3. The Morgan fingerprint density at radius 3 is 2.63 bits per heavy atom. The molecule has 0 unspecified atom stereocenters. The summed E-state index contributed by atoms with van der Waals surface area (Å²) < 4.78 is 38.0. The summed E-state index contributed by atoms with van der Waals surface area (Å²) in [6.45, 7) is 2.25. The number of hydrogen-bond donors (Lipinski definition) is 1. The summed E-state index contributed by atoms with van der Waals surface area (Å²) in [7, 11) is -3.63. The Hall–Kier alpha value is -3.52. The molecular formula is C22H18N2O5S. The minimum atomic E-state index is -3.63. The maximum Gasteiger partial charge on any atom is 0.264 e. The van der Waals surface area contributed by atoms with Crippen molar-refractivity contribution in [1.29, 1.82) is 0 Å². The lowest BCUT2D eigenvalue weighted by atomic mass is 10.00. The molecule has 7 nitrogen and oxygen atoms in total. The van der Waals surface area contributed by atoms with Crippen molar-refractivity contribution >= 4 is 27.3 Å². The van der Waals surface area contributed by atoms with Crippen LogP contribution in [0, 0.1) is 0 Å². The number of carbonyl (C=O) groups is 1. The monoisotopic (exact) mass is 422 g/mol. The Bertz CT molecular complexity index is 1290. The summed E-state index contributed by atoms with van der Waals surface area (Å²) in [5.41, 5.74) is 2.88. The molecule has 0 saturated carbocycles. The summed E-state index contributed by atoms with van der Waals surface area (Å²) in [5.74, 6) is 0.917. The fourth-order valence-electron chi connectivity index (χ4n) is 3.79. The van der Waals surface area contributed by atoms with Crippen LogP contribution in [-0.2, 0) is 10.0 Å². The molecule has 2 heterocycles. The zero-order valence-corrected chi connectivity index (χ0v) is 16.9. The van der Waals surface area contributed by atoms with Gasteiger partial charge in [0.1, 0.15) is 0 Å². The van der Waals surface area contributed by atoms with Gasteiger partial charge in [-0.05, 0) is 43.3 Å². The number of sulfonamides is 1. The second-order valence-electron chi connectivity index (χ2n) is 6.92. The first-order chi connectivity index (χ1) is 14.5. The maximum absolute atomic E-state index is 13.0. The van der Waals surface area contributed by atoms with Gasteiger partial charge >= 0.3 is 0 Å². The van der Waals surface area contributed by atoms with Gasteiger partial charge in [-0.15, -0.1) is 0 Å². The van der Waals surface area contributed by atoms with Crippen LogP contribution in [0.25, 0.3) is 11.1 Å². The van der Waals surface area contributed by atoms with Gasteiger partial charge in [0.25, 0.3) is 15.9 Å². The van der Waals surface area contributed by atoms with Crippen LogP contribution in [0.4, 0.5) is 11.4 Å². The molecule has 2 aliphatic rings. The molecule has 0 radical (unpaired) electrons. The molecule has 152 valence electrons. The molecular weight excluding hydrogens is 404 g/mol. The van der Waals surface area contributed by atoms with Crippen molar-refractivity contribution in [3.63, 3.8) is 0 Å². The first-order valence-corrected chi connectivity index (χ1v) is 10.9. The van der Waals surface area contributed by atoms with Crippen LogP contribution in [0.3, 0.4) is 0 Å². The lowest BCUT2D eigenvalue weighted by molar-refractivity contribution is 0.102. The summed E-state index contributed by atoms with van der Waals surface area (Å²) in [6.07, 6.45) is 0. The number of carbonyl (C=O) groups excluding carboxylic acids is 1. The summed E-state index contributed by atoms with van der Waals surface area (Å²) in [4.78, 5) is 13.1. The van der Waals surface area contributed by atoms with E-state index in [0.29, 0.717) is 46.1 Å². The Kier molecular flexibility index (Phi) is 4.18. The van der Waals surface area contributed by atoms with Crippen LogP contribution in [0.5, 0.6) is 11.5 Å². The van der Waals surface area contributed by atoms with Crippen molar-refractivity contribution < 1.29 is 22.7 Å². The lowest BCUT2D eigenvalue weighted by Crippen LogP contribution is -2.34. The number of anilines is 2. The van der Waals surface area contributed by atoms with Gasteiger partial charge in [0, 0.05) is 35.0 Å². The summed E-state index contributed by atoms with van der Waals surface area (Å²) in [6, 6.07) is 17.1. The number of amides is 1. The fraction of sp³-hybridized carbons (Fsp3) is 0.136. The topological polar surface area (TPSA) is 84.9 Å². The van der Waals surface area contributed by atoms with Crippen LogP contribution in [0.1, 0.15) is 17.3 Å². The Balaban J connectivity index is 1.53. The van der Waals surface area contributed by atoms with E-state index in [1.807, 2.05) is 0 Å². The summed E-state index contributed by atoms with van der Waals surface area (Å²) >= 11 is 0. The van der Waals surface area contributed by atoms with Crippen molar-refractivity contribution in [1.82, 2.24) is 0 Å². The van der Waals surface area contributed by atoms with Crippen LogP contribution in [-0.4, -0.2) is 27.7 Å². The van der Waals surface area contributed by atoms with Crippen molar-refractivity contribution in [3.8, 4) is 22.6 Å². The zero-order valence-electron chi connectivity index (χ0n) is 16.1. The normalized spacial score (nSPS) is 15.3. The Morgan fingerprint density at radius 2 is 1.80 bits per heavy atom. The van der Waals surface area contributed by atoms with Gasteiger partial charge < -0.3 is 14.8 Å². The predicted molar refractivity (Wildman–Crippen MR) is 113 cm³/mol. The van der Waals surface area contributed by atoms with Crippen LogP contribution in [0.2, 0.25) is 0 Å². The second-order valence-corrected chi connectivity index (χ2v) is 8.75. The highest BCUT2D eigenvalue weighted by molar-refractivity contribution is 7.93. The van der Waals surface area contributed by atoms with Gasteiger partial charge in [-0.25, -0.2) is 8.42 Å². The van der Waals surface area contributed by atoms with E-state index in [2.05, 4.69) is 5.32 Å². The van der Waals surface area contributed by atoms with E-state index in [1.165, 1.54) is 4.31 Å². The third kappa shape index (κ3) is 2.80. The summed E-state index contributed by atoms with van der Waals surface area (Å²) in [5, 5.41) is 2.85. The number of nitrogens with zero attached hydrogens (tertiary/aromatic N) is 1. The smallest absolute Gasteiger partial charge is 0.264 e. The number of benzene rings is 3. The molecule has 0 bridgehead atoms. The molecule has 3 aromatic rings. The minimum absolute atomic E-state index is 0.161. The molecule has 0 aliphatic carbocycles. The standard InChI is InChI=1S/C22H18N2O5S/c1-2-24-18-9-7-14(11-17(18)16-5-3-4-6-21(16)30(24,26)27)22(25)23-15-8-10-19-20(12-15)29-13-28-19/h3-12H,2,13H2,1H3,(H,23,25). The number of ether oxygens (including phenoxy) is 2. The highest BCUT2D eigenvalue weighted by Gasteiger charge is 2.34. The molecule has 2 aliphatic heterocycles. The quantitative estimate of drug-likeness (QED) is 0.693. The molecule has 0 saturated heterocycles. The Morgan fingerprint density at radius 1 is 1.00 bits per heavy atom. The highest BCUT2D eigenvalue weighted by Crippen LogP contribution is 2.43. The molecule has 0 fully saturated rings. The molecule has 0 atom stereocenters. The van der Waals surface area contributed by atoms with Crippen molar-refractivity contribution in [2.24, 2.45) is 0 Å². The second kappa shape index (κ2) is 6.77. The molecule has 8 heteroatoms. The average Bonchev–Trinajstić information content (AvgIpc) is 3.21. The van der Waals surface area contributed by atoms with Gasteiger partial charge in [-0.1, -0.05) is 18.2 Å². The van der Waals surface area contributed by atoms with E-state index in [4.69, 9.17) is 9.47 Å². The van der Waals surface area contributed by atoms with E-state index in [1.54, 1.807) is 67.6 Å². The van der Waals surface area contributed by atoms with E-state index < -0.39 is 10.0 Å². The number of nitrogens with one attached hydrogen (secondary N) is 1. The Labute approximate surface area is 173 Å². The van der Waals surface area contributed by atoms with Gasteiger partial charge in [0.2, 0.25) is 6.79 Å². The molecule has 1 N–H and O–H groups in total. The van der Waals surface area contributed by atoms with Crippen molar-refractivity contribution in [3.05, 3.63) is 66.2 Å². The fourth-order valence-corrected chi connectivity index (χ4v) is 5.49. The average molecular weight is 422 g/mol. The molecule has 1 amide bonds. The number of fused-ring (bicyclic) bond motifs is 4. The van der Waals surface area contributed by atoms with Crippen LogP contribution in [0.15, 0.2) is 65.6 Å². The third-order valence-electron chi connectivity index (χ3n) is 5.19. The van der Waals surface area contributed by atoms with E-state index in [-0.39, 0.29) is 17.6 Å². The van der Waals surface area contributed by atoms with Gasteiger partial charge in [-0.2, -0.15) is 0 Å². The minimum Gasteiger partial charge on any atom is -0.454 e. The molecule has 0 spiro atoms. The largest absolute Gasteiger partial charge is 0.454 e. The number of hydrogen-bond acceptors (Lipinski definition) is 5. The van der Waals surface area contributed by atoms with E-state index in [9.17, 15) is 13.2 Å². The predicted octanol–water partition coefficient (Wildman–Crippen LogP) is 3.86. The zero-order chi connectivity index (χ0) is 20.9. The lowest BCUT2D eigenvalue weighted by Gasteiger charge is -2.31. The molecule has 0 aromatic heterocycles. The maximum atomic E-state index is 13.0. The van der Waals surface area contributed by atoms with Crippen molar-refractivity contribution in [2.75, 3.05) is 23.0 Å². The molecule has 5 rings (SSSR count).